The summed E-state index contributed by atoms with van der Waals surface area (Å²) in [6, 6.07) is 36.7. The zero-order valence-electron chi connectivity index (χ0n) is 67.2. The Morgan fingerprint density at radius 1 is 0.259 bits per heavy atom. The number of hydrogen-bond donors (Lipinski definition) is 2. The molecule has 584 valence electrons. The predicted octanol–water partition coefficient (Wildman–Crippen LogP) is 28.0. The highest BCUT2D eigenvalue weighted by molar-refractivity contribution is 6.00. The van der Waals surface area contributed by atoms with Crippen LogP contribution in [0.2, 0.25) is 0 Å². The number of unbranched alkanes of at least 4 members (excludes halogenated alkanes) is 27. The Labute approximate surface area is 649 Å². The van der Waals surface area contributed by atoms with Crippen molar-refractivity contribution in [2.45, 2.75) is 266 Å². The van der Waals surface area contributed by atoms with Crippen molar-refractivity contribution < 1.29 is 37.9 Å². The van der Waals surface area contributed by atoms with Crippen LogP contribution in [-0.4, -0.2) is 79.4 Å². The number of rotatable bonds is 57. The second-order valence-corrected chi connectivity index (χ2v) is 29.6. The molecule has 8 bridgehead atoms. The van der Waals surface area contributed by atoms with Crippen LogP contribution < -0.4 is 33.2 Å². The van der Waals surface area contributed by atoms with E-state index in [2.05, 4.69) is 186 Å². The topological polar surface area (TPSA) is 131 Å². The summed E-state index contributed by atoms with van der Waals surface area (Å²) in [6.45, 7) is 23.3. The van der Waals surface area contributed by atoms with Gasteiger partial charge in [-0.25, -0.2) is 9.97 Å². The molecule has 5 heterocycles. The van der Waals surface area contributed by atoms with E-state index in [4.69, 9.17) is 47.9 Å². The second kappa shape index (κ2) is 49.0. The Morgan fingerprint density at radius 3 is 0.769 bits per heavy atom. The molecule has 0 radical (unpaired) electrons. The first-order chi connectivity index (χ1) is 53.3. The first-order valence-electron chi connectivity index (χ1n) is 42.6. The summed E-state index contributed by atoms with van der Waals surface area (Å²) in [7, 11) is 0. The first kappa shape index (κ1) is 83.8. The molecule has 0 saturated heterocycles. The van der Waals surface area contributed by atoms with Crippen molar-refractivity contribution in [3.8, 4) is 84.8 Å². The van der Waals surface area contributed by atoms with Gasteiger partial charge in [0.25, 0.3) is 0 Å². The number of ether oxygens (including phenoxy) is 8. The minimum atomic E-state index is 0.608. The maximum absolute atomic E-state index is 6.75. The lowest BCUT2D eigenvalue weighted by Gasteiger charge is -2.14. The van der Waals surface area contributed by atoms with E-state index >= 15 is 0 Å². The molecule has 12 nitrogen and oxygen atoms in total. The second-order valence-electron chi connectivity index (χ2n) is 29.6. The van der Waals surface area contributed by atoms with Crippen molar-refractivity contribution in [3.05, 3.63) is 139 Å². The lowest BCUT2D eigenvalue weighted by Crippen LogP contribution is -2.01. The Morgan fingerprint density at radius 2 is 0.500 bits per heavy atom. The summed E-state index contributed by atoms with van der Waals surface area (Å²) in [5.74, 6) is 5.46. The van der Waals surface area contributed by atoms with Gasteiger partial charge in [0, 0.05) is 75.7 Å². The van der Waals surface area contributed by atoms with Gasteiger partial charge >= 0.3 is 0 Å². The third kappa shape index (κ3) is 27.7. The number of aromatic nitrogens is 4. The molecule has 0 atom stereocenters. The number of fused-ring (bicyclic) bond motifs is 8. The normalized spacial score (nSPS) is 11.8. The van der Waals surface area contributed by atoms with Gasteiger partial charge in [-0.3, -0.25) is 0 Å². The van der Waals surface area contributed by atoms with Crippen LogP contribution in [0.3, 0.4) is 0 Å². The third-order valence-corrected chi connectivity index (χ3v) is 20.4. The third-order valence-electron chi connectivity index (χ3n) is 20.4. The molecule has 2 aliphatic rings. The number of H-pyrrole nitrogens is 2. The van der Waals surface area contributed by atoms with Crippen molar-refractivity contribution in [1.29, 1.82) is 0 Å². The van der Waals surface area contributed by atoms with Gasteiger partial charge in [-0.1, -0.05) is 227 Å². The predicted molar refractivity (Wildman–Crippen MR) is 456 cm³/mol. The van der Waals surface area contributed by atoms with Gasteiger partial charge in [0.15, 0.2) is 0 Å². The lowest BCUT2D eigenvalue weighted by molar-refractivity contribution is 0.134. The smallest absolute Gasteiger partial charge is 0.123 e. The van der Waals surface area contributed by atoms with E-state index < -0.39 is 0 Å². The molecule has 7 aromatic rings. The van der Waals surface area contributed by atoms with E-state index in [1.54, 1.807) is 0 Å². The fraction of sp³-hybridized carbons (Fsp3) is 0.521. The Kier molecular flexibility index (Phi) is 38.1. The van der Waals surface area contributed by atoms with Gasteiger partial charge < -0.3 is 47.9 Å². The van der Waals surface area contributed by atoms with E-state index in [0.29, 0.717) is 46.2 Å². The molecule has 0 spiro atoms. The molecule has 0 aliphatic carbocycles. The van der Waals surface area contributed by atoms with Crippen LogP contribution in [0.25, 0.3) is 90.9 Å². The Balaban J connectivity index is 1.22. The van der Waals surface area contributed by atoms with Crippen LogP contribution in [-0.2, 0) is 4.74 Å². The molecule has 3 aromatic heterocycles. The molecule has 2 aliphatic heterocycles. The highest BCUT2D eigenvalue weighted by Crippen LogP contribution is 2.43. The highest BCUT2D eigenvalue weighted by atomic mass is 16.5. The zero-order chi connectivity index (χ0) is 75.4. The van der Waals surface area contributed by atoms with Crippen molar-refractivity contribution in [2.75, 3.05) is 59.5 Å². The molecular formula is C96H132N4O8. The fourth-order valence-corrected chi connectivity index (χ4v) is 14.3. The van der Waals surface area contributed by atoms with Crippen molar-refractivity contribution in [1.82, 2.24) is 19.9 Å². The summed E-state index contributed by atoms with van der Waals surface area (Å²) >= 11 is 0. The summed E-state index contributed by atoms with van der Waals surface area (Å²) in [5.41, 5.74) is 14.2. The van der Waals surface area contributed by atoms with E-state index in [0.717, 1.165) is 284 Å². The highest BCUT2D eigenvalue weighted by Gasteiger charge is 2.23. The van der Waals surface area contributed by atoms with Crippen LogP contribution in [0.5, 0.6) is 40.2 Å². The maximum Gasteiger partial charge on any atom is 0.123 e. The van der Waals surface area contributed by atoms with Gasteiger partial charge in [0.05, 0.1) is 69.0 Å². The van der Waals surface area contributed by atoms with Gasteiger partial charge in [-0.2, -0.15) is 0 Å². The van der Waals surface area contributed by atoms with Crippen LogP contribution in [0, 0.1) is 0 Å². The molecular weight excluding hydrogens is 1340 g/mol. The molecule has 0 saturated carbocycles. The molecule has 108 heavy (non-hydrogen) atoms. The zero-order valence-corrected chi connectivity index (χ0v) is 67.2. The van der Waals surface area contributed by atoms with Crippen LogP contribution in [0.15, 0.2) is 116 Å². The van der Waals surface area contributed by atoms with Crippen molar-refractivity contribution >= 4 is 46.4 Å². The number of nitrogens with one attached hydrogen (secondary N) is 2. The van der Waals surface area contributed by atoms with Gasteiger partial charge in [-0.15, -0.1) is 6.58 Å². The van der Waals surface area contributed by atoms with Crippen LogP contribution in [0.1, 0.15) is 289 Å². The minimum absolute atomic E-state index is 0.608. The van der Waals surface area contributed by atoms with E-state index in [1.165, 1.54) is 83.5 Å². The Bertz CT molecular complexity index is 3820. The lowest BCUT2D eigenvalue weighted by atomic mass is 10.0. The molecule has 2 N–H and O–H groups in total. The van der Waals surface area contributed by atoms with E-state index in [9.17, 15) is 0 Å². The summed E-state index contributed by atoms with van der Waals surface area (Å²) < 4.78 is 52.6. The number of hydrogen-bond acceptors (Lipinski definition) is 10. The SMILES string of the molecule is C=CCCOCCCCCCCCCCCCOc1ccc(-c2c3nc(c(-c4cc(OCCCCCC)cc(OCCCCCC)c4)c4ccc([nH]4)c(-c4cc(OCCCCCC)cc(OCCCCCC)c4)c4nc(c(-c5cc(OCCCCCC)cc(OCCCCCC)c5)c5ccc2[nH]5)C=C4)C=C3)cc1. The average molecular weight is 1470 g/mol. The van der Waals surface area contributed by atoms with Crippen molar-refractivity contribution in [3.63, 3.8) is 0 Å². The number of benzene rings is 4. The largest absolute Gasteiger partial charge is 0.494 e. The minimum Gasteiger partial charge on any atom is -0.494 e. The molecule has 0 fully saturated rings. The standard InChI is InChI=1S/C96H132N4O8/c1-8-15-22-37-59-103-79-65-75(66-80(71-79)104-60-38-23-16-9-2)94-87-50-48-85(97-87)93(74-44-46-78(47-45-74)102-58-43-35-33-31-29-28-30-32-34-36-57-101-56-21-14-7)86-49-51-88(98-86)95(76-67-81(105-61-39-24-17-10-3)72-82(68-76)106-62-40-25-18-11-4)90-53-55-92(100-90)96(91-54-52-89(94)99-91)77-69-83(107-63-41-26-19-12-5)73-84(70-77)108-64-42-27-20-13-6/h14,44-55,65-73,97,100H,7-13,15-43,56-64H2,1-6H3. The summed E-state index contributed by atoms with van der Waals surface area (Å²) in [4.78, 5) is 19.7. The average Bonchev–Trinajstić information content (AvgIpc) is 1.58. The number of nitrogens with zero attached hydrogens (tertiary/aromatic N) is 2. The van der Waals surface area contributed by atoms with Crippen LogP contribution in [0.4, 0.5) is 0 Å². The molecule has 0 amide bonds. The van der Waals surface area contributed by atoms with Gasteiger partial charge in [0.2, 0.25) is 0 Å². The molecule has 9 rings (SSSR count). The molecule has 12 heteroatoms. The number of aromatic amines is 2. The van der Waals surface area contributed by atoms with Crippen molar-refractivity contribution in [2.24, 2.45) is 0 Å². The Hall–Kier alpha value is -8.22. The van der Waals surface area contributed by atoms with Crippen LogP contribution >= 0.6 is 0 Å². The molecule has 0 unspecified atom stereocenters. The fourth-order valence-electron chi connectivity index (χ4n) is 14.3. The van der Waals surface area contributed by atoms with Gasteiger partial charge in [0.1, 0.15) is 40.2 Å². The summed E-state index contributed by atoms with van der Waals surface area (Å²) in [6.07, 6.45) is 50.3. The monoisotopic (exact) mass is 1470 g/mol. The summed E-state index contributed by atoms with van der Waals surface area (Å²) in [5, 5.41) is 0. The maximum atomic E-state index is 6.75. The van der Waals surface area contributed by atoms with E-state index in [1.807, 2.05) is 6.08 Å². The first-order valence-corrected chi connectivity index (χ1v) is 42.6. The quantitative estimate of drug-likeness (QED) is 0.0281. The van der Waals surface area contributed by atoms with Gasteiger partial charge in [-0.05, 0) is 177 Å². The van der Waals surface area contributed by atoms with E-state index in [-0.39, 0.29) is 0 Å². The molecule has 4 aromatic carbocycles.